The Kier molecular flexibility index (Phi) is 6.11. The molecule has 2 fully saturated rings. The van der Waals surface area contributed by atoms with Crippen molar-refractivity contribution in [3.05, 3.63) is 0 Å². The number of methoxy groups -OCH3 is 1. The van der Waals surface area contributed by atoms with E-state index in [9.17, 15) is 4.79 Å². The van der Waals surface area contributed by atoms with E-state index in [4.69, 9.17) is 9.47 Å². The van der Waals surface area contributed by atoms with Gasteiger partial charge in [0.2, 0.25) is 5.91 Å². The van der Waals surface area contributed by atoms with E-state index in [-0.39, 0.29) is 0 Å². The summed E-state index contributed by atoms with van der Waals surface area (Å²) in [5.41, 5.74) is 0. The van der Waals surface area contributed by atoms with Gasteiger partial charge in [0, 0.05) is 46.4 Å². The van der Waals surface area contributed by atoms with Crippen molar-refractivity contribution in [1.29, 1.82) is 0 Å². The van der Waals surface area contributed by atoms with Crippen LogP contribution >= 0.6 is 0 Å². The quantitative estimate of drug-likeness (QED) is 0.693. The second-order valence-electron chi connectivity index (χ2n) is 5.89. The maximum absolute atomic E-state index is 12.2. The average Bonchev–Trinajstić information content (AvgIpc) is 2.93. The molecule has 1 atom stereocenters. The van der Waals surface area contributed by atoms with Gasteiger partial charge in [0.15, 0.2) is 0 Å². The third-order valence-electron chi connectivity index (χ3n) is 4.42. The summed E-state index contributed by atoms with van der Waals surface area (Å²) in [4.78, 5) is 14.2. The summed E-state index contributed by atoms with van der Waals surface area (Å²) in [7, 11) is 1.76. The first-order valence-corrected chi connectivity index (χ1v) is 7.64. The van der Waals surface area contributed by atoms with Crippen LogP contribution in [-0.2, 0) is 14.3 Å². The van der Waals surface area contributed by atoms with E-state index < -0.39 is 0 Å². The molecule has 4 nitrogen and oxygen atoms in total. The summed E-state index contributed by atoms with van der Waals surface area (Å²) in [6.45, 7) is 4.37. The minimum absolute atomic E-state index is 0.339. The fourth-order valence-electron chi connectivity index (χ4n) is 3.11. The van der Waals surface area contributed by atoms with Crippen LogP contribution in [0.25, 0.3) is 0 Å². The first-order chi connectivity index (χ1) is 9.29. The third-order valence-corrected chi connectivity index (χ3v) is 4.42. The summed E-state index contributed by atoms with van der Waals surface area (Å²) in [5.74, 6) is 1.59. The molecule has 2 rings (SSSR count). The van der Waals surface area contributed by atoms with E-state index in [0.717, 1.165) is 64.5 Å². The minimum atomic E-state index is 0.339. The van der Waals surface area contributed by atoms with Gasteiger partial charge in [-0.15, -0.1) is 0 Å². The molecule has 0 aromatic carbocycles. The van der Waals surface area contributed by atoms with Gasteiger partial charge in [-0.2, -0.15) is 0 Å². The number of likely N-dealkylation sites (tertiary alicyclic amines) is 1. The average molecular weight is 269 g/mol. The van der Waals surface area contributed by atoms with E-state index in [1.165, 1.54) is 6.42 Å². The van der Waals surface area contributed by atoms with Crippen molar-refractivity contribution >= 4 is 5.91 Å². The normalized spacial score (nSPS) is 24.9. The molecule has 1 amide bonds. The van der Waals surface area contributed by atoms with Gasteiger partial charge in [0.1, 0.15) is 0 Å². The van der Waals surface area contributed by atoms with E-state index >= 15 is 0 Å². The van der Waals surface area contributed by atoms with Crippen LogP contribution < -0.4 is 0 Å². The van der Waals surface area contributed by atoms with Crippen LogP contribution in [0.1, 0.15) is 38.5 Å². The Morgan fingerprint density at radius 2 is 2.05 bits per heavy atom. The van der Waals surface area contributed by atoms with Crippen molar-refractivity contribution in [3.63, 3.8) is 0 Å². The minimum Gasteiger partial charge on any atom is -0.385 e. The van der Waals surface area contributed by atoms with Gasteiger partial charge >= 0.3 is 0 Å². The van der Waals surface area contributed by atoms with Crippen molar-refractivity contribution in [2.45, 2.75) is 38.5 Å². The smallest absolute Gasteiger partial charge is 0.222 e. The molecule has 4 heteroatoms. The van der Waals surface area contributed by atoms with Crippen molar-refractivity contribution in [2.24, 2.45) is 11.8 Å². The Hall–Kier alpha value is -0.610. The maximum Gasteiger partial charge on any atom is 0.222 e. The van der Waals surface area contributed by atoms with Crippen molar-refractivity contribution in [3.8, 4) is 0 Å². The highest BCUT2D eigenvalue weighted by Gasteiger charge is 2.26. The molecule has 0 saturated carbocycles. The van der Waals surface area contributed by atoms with Crippen LogP contribution in [-0.4, -0.2) is 50.8 Å². The zero-order chi connectivity index (χ0) is 13.5. The Labute approximate surface area is 116 Å². The molecule has 0 aliphatic carbocycles. The van der Waals surface area contributed by atoms with E-state index in [0.29, 0.717) is 18.2 Å². The number of amides is 1. The number of carbonyl (C=O) groups is 1. The first-order valence-electron chi connectivity index (χ1n) is 7.64. The summed E-state index contributed by atoms with van der Waals surface area (Å²) >= 11 is 0. The van der Waals surface area contributed by atoms with Crippen LogP contribution in [0.15, 0.2) is 0 Å². The third kappa shape index (κ3) is 4.77. The molecular formula is C15H27NO3. The van der Waals surface area contributed by atoms with Gasteiger partial charge in [-0.1, -0.05) is 0 Å². The SMILES string of the molecule is COCCCC1CCN(C(=O)CC2CCOC2)CC1. The molecule has 0 radical (unpaired) electrons. The lowest BCUT2D eigenvalue weighted by Crippen LogP contribution is -2.39. The van der Waals surface area contributed by atoms with Gasteiger partial charge in [-0.25, -0.2) is 0 Å². The van der Waals surface area contributed by atoms with Crippen molar-refractivity contribution < 1.29 is 14.3 Å². The van der Waals surface area contributed by atoms with Crippen LogP contribution in [0.3, 0.4) is 0 Å². The van der Waals surface area contributed by atoms with E-state index in [1.807, 2.05) is 0 Å². The number of carbonyl (C=O) groups excluding carboxylic acids is 1. The molecule has 0 spiro atoms. The highest BCUT2D eigenvalue weighted by atomic mass is 16.5. The molecule has 2 aliphatic heterocycles. The van der Waals surface area contributed by atoms with Crippen molar-refractivity contribution in [1.82, 2.24) is 4.90 Å². The Morgan fingerprint density at radius 3 is 2.68 bits per heavy atom. The predicted octanol–water partition coefficient (Wildman–Crippen LogP) is 2.08. The van der Waals surface area contributed by atoms with Crippen LogP contribution in [0.2, 0.25) is 0 Å². The Balaban J connectivity index is 1.63. The topological polar surface area (TPSA) is 38.8 Å². The summed E-state index contributed by atoms with van der Waals surface area (Å²) in [5, 5.41) is 0. The zero-order valence-corrected chi connectivity index (χ0v) is 12.1. The molecule has 0 aromatic rings. The molecule has 1 unspecified atom stereocenters. The number of hydrogen-bond acceptors (Lipinski definition) is 3. The molecule has 0 N–H and O–H groups in total. The fourth-order valence-corrected chi connectivity index (χ4v) is 3.11. The monoisotopic (exact) mass is 269 g/mol. The van der Waals surface area contributed by atoms with Crippen LogP contribution in [0.4, 0.5) is 0 Å². The summed E-state index contributed by atoms with van der Waals surface area (Å²) in [6, 6.07) is 0. The van der Waals surface area contributed by atoms with Gasteiger partial charge in [-0.3, -0.25) is 4.79 Å². The van der Waals surface area contributed by atoms with Crippen molar-refractivity contribution in [2.75, 3.05) is 40.0 Å². The Bertz CT molecular complexity index is 269. The number of rotatable bonds is 6. The number of hydrogen-bond donors (Lipinski definition) is 0. The second-order valence-corrected chi connectivity index (χ2v) is 5.89. The predicted molar refractivity (Wildman–Crippen MR) is 74.0 cm³/mol. The van der Waals surface area contributed by atoms with Gasteiger partial charge in [0.25, 0.3) is 0 Å². The van der Waals surface area contributed by atoms with Gasteiger partial charge < -0.3 is 14.4 Å². The van der Waals surface area contributed by atoms with Crippen LogP contribution in [0.5, 0.6) is 0 Å². The maximum atomic E-state index is 12.2. The molecule has 2 heterocycles. The lowest BCUT2D eigenvalue weighted by Gasteiger charge is -2.32. The Morgan fingerprint density at radius 1 is 1.26 bits per heavy atom. The molecule has 2 aliphatic rings. The molecule has 19 heavy (non-hydrogen) atoms. The highest BCUT2D eigenvalue weighted by molar-refractivity contribution is 5.76. The van der Waals surface area contributed by atoms with E-state index in [1.54, 1.807) is 7.11 Å². The van der Waals surface area contributed by atoms with Gasteiger partial charge in [-0.05, 0) is 43.9 Å². The number of ether oxygens (including phenoxy) is 2. The number of piperidine rings is 1. The fraction of sp³-hybridized carbons (Fsp3) is 0.933. The molecule has 2 saturated heterocycles. The summed E-state index contributed by atoms with van der Waals surface area (Å²) < 4.78 is 10.4. The largest absolute Gasteiger partial charge is 0.385 e. The molecule has 110 valence electrons. The lowest BCUT2D eigenvalue weighted by atomic mass is 9.92. The number of nitrogens with zero attached hydrogens (tertiary/aromatic N) is 1. The zero-order valence-electron chi connectivity index (χ0n) is 12.1. The molecule has 0 bridgehead atoms. The van der Waals surface area contributed by atoms with E-state index in [2.05, 4.69) is 4.90 Å². The van der Waals surface area contributed by atoms with Crippen LogP contribution in [0, 0.1) is 11.8 Å². The lowest BCUT2D eigenvalue weighted by molar-refractivity contribution is -0.133. The first kappa shape index (κ1) is 14.8. The van der Waals surface area contributed by atoms with Gasteiger partial charge in [0.05, 0.1) is 0 Å². The standard InChI is InChI=1S/C15H27NO3/c1-18-9-2-3-13-4-7-16(8-5-13)15(17)11-14-6-10-19-12-14/h13-14H,2-12H2,1H3. The molecular weight excluding hydrogens is 242 g/mol. The summed E-state index contributed by atoms with van der Waals surface area (Å²) in [6.07, 6.45) is 6.46. The highest BCUT2D eigenvalue weighted by Crippen LogP contribution is 2.24. The molecule has 0 aromatic heterocycles. The second kappa shape index (κ2) is 7.85.